The summed E-state index contributed by atoms with van der Waals surface area (Å²) in [4.78, 5) is 38.8. The van der Waals surface area contributed by atoms with Crippen LogP contribution in [0.3, 0.4) is 0 Å². The van der Waals surface area contributed by atoms with Crippen molar-refractivity contribution in [1.29, 1.82) is 0 Å². The van der Waals surface area contributed by atoms with E-state index in [0.717, 1.165) is 4.47 Å². The first-order valence-electron chi connectivity index (χ1n) is 8.83. The molecule has 3 aromatic carbocycles. The van der Waals surface area contributed by atoms with Crippen molar-refractivity contribution in [3.8, 4) is 11.4 Å². The van der Waals surface area contributed by atoms with Gasteiger partial charge in [0.1, 0.15) is 0 Å². The van der Waals surface area contributed by atoms with E-state index in [0.29, 0.717) is 16.7 Å². The number of nitrogens with zero attached hydrogens (tertiary/aromatic N) is 3. The molecule has 0 aliphatic rings. The Balaban J connectivity index is 1.86. The summed E-state index contributed by atoms with van der Waals surface area (Å²) in [5, 5.41) is 0. The van der Waals surface area contributed by atoms with Gasteiger partial charge in [0.15, 0.2) is 5.82 Å². The molecule has 0 aliphatic carbocycles. The first-order chi connectivity index (χ1) is 14.1. The van der Waals surface area contributed by atoms with Crippen LogP contribution in [0.4, 0.5) is 0 Å². The summed E-state index contributed by atoms with van der Waals surface area (Å²) in [6, 6.07) is 24.8. The second-order valence-electron chi connectivity index (χ2n) is 6.21. The number of hydrogen-bond donors (Lipinski definition) is 0. The van der Waals surface area contributed by atoms with Crippen molar-refractivity contribution in [3.63, 3.8) is 0 Å². The second-order valence-corrected chi connectivity index (χ2v) is 7.12. The number of carbonyl (C=O) groups excluding carboxylic acids is 2. The van der Waals surface area contributed by atoms with Crippen molar-refractivity contribution in [2.24, 2.45) is 0 Å². The fourth-order valence-electron chi connectivity index (χ4n) is 2.77. The highest BCUT2D eigenvalue weighted by atomic mass is 79.9. The molecule has 0 saturated carbocycles. The Bertz CT molecular complexity index is 1130. The van der Waals surface area contributed by atoms with Gasteiger partial charge in [0.05, 0.1) is 0 Å². The smallest absolute Gasteiger partial charge is 0.230 e. The highest BCUT2D eigenvalue weighted by molar-refractivity contribution is 9.10. The third-order valence-electron chi connectivity index (χ3n) is 4.20. The van der Waals surface area contributed by atoms with Crippen LogP contribution < -0.4 is 0 Å². The second kappa shape index (κ2) is 8.24. The third-order valence-corrected chi connectivity index (χ3v) is 4.69. The molecule has 0 saturated heterocycles. The average molecular weight is 444 g/mol. The van der Waals surface area contributed by atoms with Crippen molar-refractivity contribution in [2.45, 2.75) is 0 Å². The maximum absolute atomic E-state index is 12.9. The van der Waals surface area contributed by atoms with Crippen molar-refractivity contribution < 1.29 is 9.59 Å². The van der Waals surface area contributed by atoms with Crippen LogP contribution in [-0.4, -0.2) is 26.5 Å². The van der Waals surface area contributed by atoms with Crippen molar-refractivity contribution in [3.05, 3.63) is 112 Å². The Morgan fingerprint density at radius 2 is 1.14 bits per heavy atom. The molecule has 4 aromatic rings. The minimum Gasteiger partial charge on any atom is -0.285 e. The lowest BCUT2D eigenvalue weighted by Crippen LogP contribution is -2.16. The van der Waals surface area contributed by atoms with Crippen LogP contribution in [0.25, 0.3) is 11.4 Å². The molecule has 5 nitrogen and oxygen atoms in total. The monoisotopic (exact) mass is 443 g/mol. The molecule has 0 fully saturated rings. The van der Waals surface area contributed by atoms with Crippen molar-refractivity contribution >= 4 is 27.5 Å². The fraction of sp³-hybridized carbons (Fsp3) is 0. The van der Waals surface area contributed by atoms with Gasteiger partial charge in [-0.05, 0) is 12.1 Å². The molecular formula is C23H14BrN3O2. The van der Waals surface area contributed by atoms with E-state index in [1.165, 1.54) is 0 Å². The number of aromatic nitrogens is 3. The van der Waals surface area contributed by atoms with Crippen LogP contribution in [0.2, 0.25) is 0 Å². The predicted octanol–water partition coefficient (Wildman–Crippen LogP) is 4.76. The zero-order valence-corrected chi connectivity index (χ0v) is 16.7. The van der Waals surface area contributed by atoms with E-state index < -0.39 is 0 Å². The van der Waals surface area contributed by atoms with E-state index in [1.807, 2.05) is 36.4 Å². The van der Waals surface area contributed by atoms with Gasteiger partial charge in [0.2, 0.25) is 23.2 Å². The summed E-state index contributed by atoms with van der Waals surface area (Å²) in [5.74, 6) is -0.613. The maximum Gasteiger partial charge on any atom is 0.230 e. The maximum atomic E-state index is 12.9. The van der Waals surface area contributed by atoms with Crippen LogP contribution in [0, 0.1) is 0 Å². The van der Waals surface area contributed by atoms with Gasteiger partial charge in [-0.3, -0.25) is 9.59 Å². The summed E-state index contributed by atoms with van der Waals surface area (Å²) in [5.41, 5.74) is 1.56. The van der Waals surface area contributed by atoms with E-state index in [9.17, 15) is 9.59 Å². The van der Waals surface area contributed by atoms with E-state index in [1.54, 1.807) is 48.5 Å². The summed E-state index contributed by atoms with van der Waals surface area (Å²) in [6.07, 6.45) is 0. The van der Waals surface area contributed by atoms with Gasteiger partial charge in [-0.1, -0.05) is 88.7 Å². The van der Waals surface area contributed by atoms with Gasteiger partial charge in [-0.25, -0.2) is 15.0 Å². The Kier molecular flexibility index (Phi) is 5.35. The minimum atomic E-state index is -0.369. The summed E-state index contributed by atoms with van der Waals surface area (Å²) < 4.78 is 0.835. The van der Waals surface area contributed by atoms with Crippen LogP contribution in [0.5, 0.6) is 0 Å². The molecule has 29 heavy (non-hydrogen) atoms. The zero-order valence-electron chi connectivity index (χ0n) is 15.1. The molecule has 0 atom stereocenters. The summed E-state index contributed by atoms with van der Waals surface area (Å²) >= 11 is 3.42. The van der Waals surface area contributed by atoms with Gasteiger partial charge < -0.3 is 0 Å². The highest BCUT2D eigenvalue weighted by Crippen LogP contribution is 2.21. The molecule has 4 rings (SSSR count). The van der Waals surface area contributed by atoms with Crippen LogP contribution >= 0.6 is 15.9 Å². The fourth-order valence-corrected chi connectivity index (χ4v) is 3.17. The minimum absolute atomic E-state index is 0.0690. The molecular weight excluding hydrogens is 430 g/mol. The molecule has 0 spiro atoms. The molecule has 0 bridgehead atoms. The number of carbonyl (C=O) groups is 2. The average Bonchev–Trinajstić information content (AvgIpc) is 2.79. The topological polar surface area (TPSA) is 72.8 Å². The highest BCUT2D eigenvalue weighted by Gasteiger charge is 2.20. The van der Waals surface area contributed by atoms with E-state index >= 15 is 0 Å². The molecule has 0 aliphatic heterocycles. The molecule has 0 unspecified atom stereocenters. The molecule has 1 aromatic heterocycles. The lowest BCUT2D eigenvalue weighted by atomic mass is 10.1. The number of benzene rings is 3. The first-order valence-corrected chi connectivity index (χ1v) is 9.62. The molecule has 1 heterocycles. The van der Waals surface area contributed by atoms with Gasteiger partial charge in [0, 0.05) is 21.2 Å². The molecule has 0 radical (unpaired) electrons. The quantitative estimate of drug-likeness (QED) is 0.415. The third kappa shape index (κ3) is 4.17. The molecule has 140 valence electrons. The van der Waals surface area contributed by atoms with E-state index in [-0.39, 0.29) is 29.0 Å². The largest absolute Gasteiger partial charge is 0.285 e. The number of rotatable bonds is 5. The van der Waals surface area contributed by atoms with Gasteiger partial charge in [-0.2, -0.15) is 0 Å². The predicted molar refractivity (Wildman–Crippen MR) is 113 cm³/mol. The Hall–Kier alpha value is -3.51. The summed E-state index contributed by atoms with van der Waals surface area (Å²) in [6.45, 7) is 0. The van der Waals surface area contributed by atoms with Crippen molar-refractivity contribution in [1.82, 2.24) is 15.0 Å². The lowest BCUT2D eigenvalue weighted by molar-refractivity contribution is 0.102. The molecule has 6 heteroatoms. The standard InChI is InChI=1S/C23H14BrN3O2/c24-18-13-7-12-17(14-18)21-25-22(19(28)15-8-3-1-4-9-15)27-23(26-21)20(29)16-10-5-2-6-11-16/h1-14H. The molecule has 0 amide bonds. The lowest BCUT2D eigenvalue weighted by Gasteiger charge is -2.07. The van der Waals surface area contributed by atoms with E-state index in [4.69, 9.17) is 0 Å². The van der Waals surface area contributed by atoms with Gasteiger partial charge in [-0.15, -0.1) is 0 Å². The van der Waals surface area contributed by atoms with E-state index in [2.05, 4.69) is 30.9 Å². The van der Waals surface area contributed by atoms with Crippen LogP contribution in [0.1, 0.15) is 32.4 Å². The van der Waals surface area contributed by atoms with Gasteiger partial charge in [0.25, 0.3) is 0 Å². The SMILES string of the molecule is O=C(c1ccccc1)c1nc(C(=O)c2ccccc2)nc(-c2cccc(Br)c2)n1. The summed E-state index contributed by atoms with van der Waals surface area (Å²) in [7, 11) is 0. The van der Waals surface area contributed by atoms with Crippen LogP contribution in [0.15, 0.2) is 89.4 Å². The van der Waals surface area contributed by atoms with Crippen molar-refractivity contribution in [2.75, 3.05) is 0 Å². The number of ketones is 2. The normalized spacial score (nSPS) is 10.5. The number of halogens is 1. The zero-order chi connectivity index (χ0) is 20.2. The molecule has 0 N–H and O–H groups in total. The van der Waals surface area contributed by atoms with Crippen LogP contribution in [-0.2, 0) is 0 Å². The Morgan fingerprint density at radius 1 is 0.621 bits per heavy atom. The van der Waals surface area contributed by atoms with Gasteiger partial charge >= 0.3 is 0 Å². The Morgan fingerprint density at radius 3 is 1.62 bits per heavy atom. The first kappa shape index (κ1) is 18.8. The Labute approximate surface area is 175 Å². The number of hydrogen-bond acceptors (Lipinski definition) is 5.